The fourth-order valence-corrected chi connectivity index (χ4v) is 2.41. The molecule has 0 spiro atoms. The van der Waals surface area contributed by atoms with Gasteiger partial charge in [0.05, 0.1) is 0 Å². The van der Waals surface area contributed by atoms with Crippen molar-refractivity contribution in [1.29, 1.82) is 0 Å². The van der Waals surface area contributed by atoms with Crippen LogP contribution in [0.25, 0.3) is 10.9 Å². The maximum atomic E-state index is 11.2. The number of rotatable bonds is 2. The molecule has 1 aromatic carbocycles. The van der Waals surface area contributed by atoms with Crippen LogP contribution in [0, 0.1) is 13.8 Å². The van der Waals surface area contributed by atoms with Gasteiger partial charge in [0.1, 0.15) is 5.78 Å². The van der Waals surface area contributed by atoms with E-state index in [9.17, 15) is 4.79 Å². The van der Waals surface area contributed by atoms with Crippen molar-refractivity contribution in [1.82, 2.24) is 4.57 Å². The molecular formula is C14H17NO. The number of aromatic nitrogens is 1. The summed E-state index contributed by atoms with van der Waals surface area (Å²) < 4.78 is 2.10. The Morgan fingerprint density at radius 2 is 2.00 bits per heavy atom. The lowest BCUT2D eigenvalue weighted by atomic mass is 10.0. The first-order valence-corrected chi connectivity index (χ1v) is 5.53. The molecular weight excluding hydrogens is 198 g/mol. The molecule has 16 heavy (non-hydrogen) atoms. The molecule has 0 fully saturated rings. The van der Waals surface area contributed by atoms with Gasteiger partial charge in [-0.15, -0.1) is 0 Å². The van der Waals surface area contributed by atoms with E-state index in [0.717, 1.165) is 5.56 Å². The van der Waals surface area contributed by atoms with Gasteiger partial charge in [-0.05, 0) is 43.5 Å². The van der Waals surface area contributed by atoms with Crippen molar-refractivity contribution in [2.45, 2.75) is 27.2 Å². The van der Waals surface area contributed by atoms with Gasteiger partial charge >= 0.3 is 0 Å². The Labute approximate surface area is 95.9 Å². The van der Waals surface area contributed by atoms with Gasteiger partial charge in [-0.1, -0.05) is 6.07 Å². The van der Waals surface area contributed by atoms with Crippen LogP contribution in [0.2, 0.25) is 0 Å². The first-order chi connectivity index (χ1) is 7.49. The summed E-state index contributed by atoms with van der Waals surface area (Å²) in [5, 5.41) is 1.24. The summed E-state index contributed by atoms with van der Waals surface area (Å²) in [7, 11) is 2.03. The van der Waals surface area contributed by atoms with Gasteiger partial charge in [0.2, 0.25) is 0 Å². The van der Waals surface area contributed by atoms with E-state index in [0.29, 0.717) is 6.42 Å². The highest BCUT2D eigenvalue weighted by molar-refractivity contribution is 5.91. The number of benzene rings is 1. The quantitative estimate of drug-likeness (QED) is 0.755. The maximum Gasteiger partial charge on any atom is 0.134 e. The molecule has 0 saturated carbocycles. The molecule has 0 aliphatic carbocycles. The minimum Gasteiger partial charge on any atom is -0.350 e. The standard InChI is InChI=1S/C14H17NO/c1-9-5-10(2)14-12(7-11(3)16)8-15(4)13(14)6-9/h5-6,8H,7H2,1-4H3. The minimum absolute atomic E-state index is 0.215. The fourth-order valence-electron chi connectivity index (χ4n) is 2.41. The normalized spacial score (nSPS) is 11.0. The van der Waals surface area contributed by atoms with Crippen LogP contribution in [-0.4, -0.2) is 10.4 Å². The highest BCUT2D eigenvalue weighted by Crippen LogP contribution is 2.26. The van der Waals surface area contributed by atoms with Crippen LogP contribution >= 0.6 is 0 Å². The van der Waals surface area contributed by atoms with Crippen LogP contribution < -0.4 is 0 Å². The number of nitrogens with zero attached hydrogens (tertiary/aromatic N) is 1. The molecule has 0 radical (unpaired) electrons. The van der Waals surface area contributed by atoms with E-state index < -0.39 is 0 Å². The topological polar surface area (TPSA) is 22.0 Å². The molecule has 1 heterocycles. The molecule has 2 aromatic rings. The molecule has 0 saturated heterocycles. The summed E-state index contributed by atoms with van der Waals surface area (Å²) >= 11 is 0. The minimum atomic E-state index is 0.215. The largest absolute Gasteiger partial charge is 0.350 e. The summed E-state index contributed by atoms with van der Waals surface area (Å²) in [6, 6.07) is 4.35. The molecule has 2 nitrogen and oxygen atoms in total. The number of carbonyl (C=O) groups excluding carboxylic acids is 1. The summed E-state index contributed by atoms with van der Waals surface area (Å²) in [5.41, 5.74) is 4.88. The Morgan fingerprint density at radius 3 is 2.62 bits per heavy atom. The lowest BCUT2D eigenvalue weighted by Gasteiger charge is -2.03. The summed E-state index contributed by atoms with van der Waals surface area (Å²) in [6.07, 6.45) is 2.60. The number of hydrogen-bond acceptors (Lipinski definition) is 1. The van der Waals surface area contributed by atoms with Crippen LogP contribution in [-0.2, 0) is 18.3 Å². The third-order valence-corrected chi connectivity index (χ3v) is 2.95. The van der Waals surface area contributed by atoms with E-state index in [-0.39, 0.29) is 5.78 Å². The van der Waals surface area contributed by atoms with Gasteiger partial charge in [0, 0.05) is 30.6 Å². The summed E-state index contributed by atoms with van der Waals surface area (Å²) in [5.74, 6) is 0.215. The van der Waals surface area contributed by atoms with E-state index in [4.69, 9.17) is 0 Å². The van der Waals surface area contributed by atoms with E-state index in [2.05, 4.69) is 36.7 Å². The van der Waals surface area contributed by atoms with Crippen LogP contribution in [0.4, 0.5) is 0 Å². The predicted octanol–water partition coefficient (Wildman–Crippen LogP) is 2.93. The van der Waals surface area contributed by atoms with Crippen molar-refractivity contribution in [3.63, 3.8) is 0 Å². The summed E-state index contributed by atoms with van der Waals surface area (Å²) in [4.78, 5) is 11.2. The Kier molecular flexibility index (Phi) is 2.58. The lowest BCUT2D eigenvalue weighted by molar-refractivity contribution is -0.116. The SMILES string of the molecule is CC(=O)Cc1cn(C)c2cc(C)cc(C)c12. The molecule has 0 amide bonds. The van der Waals surface area contributed by atoms with Gasteiger partial charge in [0.25, 0.3) is 0 Å². The first-order valence-electron chi connectivity index (χ1n) is 5.53. The number of Topliss-reactive ketones (excluding diaryl/α,β-unsaturated/α-hetero) is 1. The Balaban J connectivity index is 2.73. The van der Waals surface area contributed by atoms with Crippen molar-refractivity contribution in [2.75, 3.05) is 0 Å². The van der Waals surface area contributed by atoms with Crippen LogP contribution in [0.15, 0.2) is 18.3 Å². The van der Waals surface area contributed by atoms with Gasteiger partial charge in [0.15, 0.2) is 0 Å². The first kappa shape index (κ1) is 10.9. The molecule has 0 bridgehead atoms. The van der Waals surface area contributed by atoms with Crippen molar-refractivity contribution in [3.05, 3.63) is 35.0 Å². The molecule has 0 aliphatic heterocycles. The van der Waals surface area contributed by atoms with Gasteiger partial charge in [-0.25, -0.2) is 0 Å². The van der Waals surface area contributed by atoms with Crippen molar-refractivity contribution < 1.29 is 4.79 Å². The third-order valence-electron chi connectivity index (χ3n) is 2.95. The molecule has 0 N–H and O–H groups in total. The highest BCUT2D eigenvalue weighted by atomic mass is 16.1. The maximum absolute atomic E-state index is 11.2. The van der Waals surface area contributed by atoms with Gasteiger partial charge < -0.3 is 4.57 Å². The van der Waals surface area contributed by atoms with Crippen molar-refractivity contribution in [3.8, 4) is 0 Å². The smallest absolute Gasteiger partial charge is 0.134 e. The number of aryl methyl sites for hydroxylation is 3. The second-order valence-corrected chi connectivity index (χ2v) is 4.62. The van der Waals surface area contributed by atoms with Crippen LogP contribution in [0.3, 0.4) is 0 Å². The Hall–Kier alpha value is -1.57. The molecule has 0 unspecified atom stereocenters. The number of fused-ring (bicyclic) bond motifs is 1. The predicted molar refractivity (Wildman–Crippen MR) is 66.8 cm³/mol. The molecule has 84 valence electrons. The zero-order valence-corrected chi connectivity index (χ0v) is 10.3. The Bertz CT molecular complexity index is 564. The average molecular weight is 215 g/mol. The zero-order valence-electron chi connectivity index (χ0n) is 10.3. The second kappa shape index (κ2) is 3.78. The number of carbonyl (C=O) groups is 1. The van der Waals surface area contributed by atoms with Crippen molar-refractivity contribution in [2.24, 2.45) is 7.05 Å². The zero-order chi connectivity index (χ0) is 11.9. The number of hydrogen-bond donors (Lipinski definition) is 0. The van der Waals surface area contributed by atoms with Gasteiger partial charge in [-0.2, -0.15) is 0 Å². The average Bonchev–Trinajstić information content (AvgIpc) is 2.42. The van der Waals surface area contributed by atoms with Gasteiger partial charge in [-0.3, -0.25) is 4.79 Å². The Morgan fingerprint density at radius 1 is 1.31 bits per heavy atom. The molecule has 0 aliphatic rings. The molecule has 1 aromatic heterocycles. The van der Waals surface area contributed by atoms with E-state index >= 15 is 0 Å². The molecule has 2 heteroatoms. The van der Waals surface area contributed by atoms with E-state index in [1.54, 1.807) is 6.92 Å². The van der Waals surface area contributed by atoms with Crippen molar-refractivity contribution >= 4 is 16.7 Å². The van der Waals surface area contributed by atoms with Crippen LogP contribution in [0.5, 0.6) is 0 Å². The van der Waals surface area contributed by atoms with Crippen LogP contribution in [0.1, 0.15) is 23.6 Å². The van der Waals surface area contributed by atoms with E-state index in [1.807, 2.05) is 7.05 Å². The fraction of sp³-hybridized carbons (Fsp3) is 0.357. The monoisotopic (exact) mass is 215 g/mol. The summed E-state index contributed by atoms with van der Waals surface area (Å²) in [6.45, 7) is 5.85. The highest BCUT2D eigenvalue weighted by Gasteiger charge is 2.10. The number of ketones is 1. The molecule has 2 rings (SSSR count). The second-order valence-electron chi connectivity index (χ2n) is 4.62. The molecule has 0 atom stereocenters. The third kappa shape index (κ3) is 1.75. The van der Waals surface area contributed by atoms with E-state index in [1.165, 1.54) is 22.0 Å². The lowest BCUT2D eigenvalue weighted by Crippen LogP contribution is -1.95.